The molecule has 2 amide bonds. The molecule has 2 N–H and O–H groups in total. The number of hydrogen-bond donors (Lipinski definition) is 2. The molecule has 0 bridgehead atoms. The Morgan fingerprint density at radius 2 is 1.94 bits per heavy atom. The topological polar surface area (TPSA) is 94.9 Å². The molecule has 2 fully saturated rings. The van der Waals surface area contributed by atoms with Crippen LogP contribution in [0, 0.1) is 23.5 Å². The molecule has 2 aliphatic heterocycles. The number of fused-ring (bicyclic) bond motifs is 4. The summed E-state index contributed by atoms with van der Waals surface area (Å²) in [7, 11) is 0. The van der Waals surface area contributed by atoms with E-state index in [1.54, 1.807) is 9.47 Å². The fourth-order valence-electron chi connectivity index (χ4n) is 5.91. The molecule has 10 heteroatoms. The first-order chi connectivity index (χ1) is 17.1. The summed E-state index contributed by atoms with van der Waals surface area (Å²) in [6, 6.07) is 3.93. The van der Waals surface area contributed by atoms with Crippen LogP contribution >= 0.6 is 0 Å². The number of nitrogens with one attached hydrogen (secondary N) is 1. The van der Waals surface area contributed by atoms with Gasteiger partial charge in [0.2, 0.25) is 0 Å². The standard InChI is InChI=1S/C26H30F2N4O4/c1-14(2)10-31-11-16-4-6-21(33)24(16)32-23(31)13-30-12-18(22(34)8-20(30)26(32)36)25(35)29-9-15-3-5-17(27)7-19(15)28/h3,5,7-8,12,14,16,21,23-24,33H,4,6,9-11,13H2,1-2H3,(H,29,35). The van der Waals surface area contributed by atoms with Crippen LogP contribution in [-0.4, -0.2) is 62.7 Å². The minimum absolute atomic E-state index is 0.0878. The Labute approximate surface area is 207 Å². The van der Waals surface area contributed by atoms with E-state index in [0.29, 0.717) is 18.9 Å². The molecule has 1 aromatic heterocycles. The lowest BCUT2D eigenvalue weighted by molar-refractivity contribution is -0.0799. The molecule has 0 radical (unpaired) electrons. The molecule has 192 valence electrons. The van der Waals surface area contributed by atoms with Crippen molar-refractivity contribution in [3.63, 3.8) is 0 Å². The molecule has 5 rings (SSSR count). The molecule has 1 aromatic carbocycles. The number of pyridine rings is 1. The van der Waals surface area contributed by atoms with Crippen LogP contribution in [-0.2, 0) is 13.1 Å². The minimum atomic E-state index is -0.793. The van der Waals surface area contributed by atoms with Gasteiger partial charge in [0.15, 0.2) is 5.43 Å². The highest BCUT2D eigenvalue weighted by Crippen LogP contribution is 2.40. The molecule has 0 spiro atoms. The van der Waals surface area contributed by atoms with Gasteiger partial charge < -0.3 is 19.9 Å². The van der Waals surface area contributed by atoms with E-state index >= 15 is 0 Å². The van der Waals surface area contributed by atoms with Gasteiger partial charge >= 0.3 is 0 Å². The Morgan fingerprint density at radius 1 is 1.17 bits per heavy atom. The molecule has 2 aromatic rings. The number of nitrogens with zero attached hydrogens (tertiary/aromatic N) is 3. The van der Waals surface area contributed by atoms with Crippen molar-refractivity contribution in [3.05, 3.63) is 69.1 Å². The second kappa shape index (κ2) is 9.40. The summed E-state index contributed by atoms with van der Waals surface area (Å²) >= 11 is 0. The molecule has 4 atom stereocenters. The average Bonchev–Trinajstić information content (AvgIpc) is 3.18. The lowest BCUT2D eigenvalue weighted by atomic mass is 9.93. The van der Waals surface area contributed by atoms with E-state index < -0.39 is 29.1 Å². The summed E-state index contributed by atoms with van der Waals surface area (Å²) in [5, 5.41) is 13.2. The second-order valence-electron chi connectivity index (χ2n) is 10.4. The third kappa shape index (κ3) is 4.32. The Balaban J connectivity index is 1.43. The fourth-order valence-corrected chi connectivity index (χ4v) is 5.91. The Morgan fingerprint density at radius 3 is 2.67 bits per heavy atom. The molecule has 1 aliphatic carbocycles. The van der Waals surface area contributed by atoms with Gasteiger partial charge in [-0.2, -0.15) is 0 Å². The first-order valence-corrected chi connectivity index (χ1v) is 12.4. The van der Waals surface area contributed by atoms with Crippen LogP contribution in [0.25, 0.3) is 0 Å². The van der Waals surface area contributed by atoms with E-state index in [4.69, 9.17) is 0 Å². The number of aliphatic hydroxyl groups is 1. The van der Waals surface area contributed by atoms with Crippen molar-refractivity contribution in [2.24, 2.45) is 11.8 Å². The zero-order valence-electron chi connectivity index (χ0n) is 20.3. The monoisotopic (exact) mass is 500 g/mol. The highest BCUT2D eigenvalue weighted by Gasteiger charge is 2.52. The van der Waals surface area contributed by atoms with E-state index in [9.17, 15) is 28.3 Å². The van der Waals surface area contributed by atoms with E-state index in [1.807, 2.05) is 0 Å². The van der Waals surface area contributed by atoms with Crippen molar-refractivity contribution in [2.75, 3.05) is 13.1 Å². The SMILES string of the molecule is CC(C)CN1CC2CCC(O)C2N2C(=O)c3cc(=O)c(C(=O)NCc4ccc(F)cc4F)cn3CC12. The molecular weight excluding hydrogens is 470 g/mol. The van der Waals surface area contributed by atoms with Crippen molar-refractivity contribution in [3.8, 4) is 0 Å². The van der Waals surface area contributed by atoms with Gasteiger partial charge in [-0.05, 0) is 30.7 Å². The summed E-state index contributed by atoms with van der Waals surface area (Å²) in [4.78, 5) is 43.3. The summed E-state index contributed by atoms with van der Waals surface area (Å²) in [5.74, 6) is -2.00. The highest BCUT2D eigenvalue weighted by atomic mass is 19.1. The number of halogens is 2. The number of rotatable bonds is 5. The lowest BCUT2D eigenvalue weighted by Crippen LogP contribution is -2.68. The number of aromatic nitrogens is 1. The van der Waals surface area contributed by atoms with E-state index in [0.717, 1.165) is 31.6 Å². The second-order valence-corrected chi connectivity index (χ2v) is 10.4. The highest BCUT2D eigenvalue weighted by molar-refractivity contribution is 5.97. The smallest absolute Gasteiger partial charge is 0.272 e. The van der Waals surface area contributed by atoms with Crippen molar-refractivity contribution in [2.45, 2.75) is 58.1 Å². The van der Waals surface area contributed by atoms with Gasteiger partial charge in [-0.15, -0.1) is 0 Å². The summed E-state index contributed by atoms with van der Waals surface area (Å²) in [6.45, 7) is 5.92. The van der Waals surface area contributed by atoms with Crippen LogP contribution in [0.2, 0.25) is 0 Å². The van der Waals surface area contributed by atoms with E-state index in [2.05, 4.69) is 24.1 Å². The number of carbonyl (C=O) groups excluding carboxylic acids is 2. The number of benzene rings is 1. The van der Waals surface area contributed by atoms with Crippen LogP contribution in [0.15, 0.2) is 35.3 Å². The third-order valence-corrected chi connectivity index (χ3v) is 7.48. The zero-order valence-corrected chi connectivity index (χ0v) is 20.3. The predicted octanol–water partition coefficient (Wildman–Crippen LogP) is 1.95. The van der Waals surface area contributed by atoms with Crippen LogP contribution in [0.1, 0.15) is 53.1 Å². The number of amides is 2. The Hall–Kier alpha value is -3.11. The van der Waals surface area contributed by atoms with Gasteiger partial charge in [0.05, 0.1) is 18.7 Å². The van der Waals surface area contributed by atoms with Crippen molar-refractivity contribution in [1.29, 1.82) is 0 Å². The molecule has 3 heterocycles. The van der Waals surface area contributed by atoms with Crippen molar-refractivity contribution in [1.82, 2.24) is 19.7 Å². The Bertz CT molecular complexity index is 1260. The molecule has 36 heavy (non-hydrogen) atoms. The Kier molecular flexibility index (Phi) is 6.42. The van der Waals surface area contributed by atoms with Gasteiger partial charge in [-0.1, -0.05) is 19.9 Å². The summed E-state index contributed by atoms with van der Waals surface area (Å²) in [5.41, 5.74) is -0.510. The predicted molar refractivity (Wildman–Crippen MR) is 127 cm³/mol. The maximum absolute atomic E-state index is 13.9. The number of aliphatic hydroxyl groups excluding tert-OH is 1. The van der Waals surface area contributed by atoms with Crippen LogP contribution in [0.3, 0.4) is 0 Å². The van der Waals surface area contributed by atoms with Crippen molar-refractivity contribution >= 4 is 11.8 Å². The molecule has 1 saturated heterocycles. The van der Waals surface area contributed by atoms with Crippen LogP contribution < -0.4 is 10.7 Å². The van der Waals surface area contributed by atoms with Crippen LogP contribution in [0.5, 0.6) is 0 Å². The number of carbonyl (C=O) groups is 2. The van der Waals surface area contributed by atoms with Gasteiger partial charge in [0.1, 0.15) is 29.1 Å². The maximum atomic E-state index is 13.9. The largest absolute Gasteiger partial charge is 0.391 e. The molecular formula is C26H30F2N4O4. The number of hydrogen-bond acceptors (Lipinski definition) is 5. The van der Waals surface area contributed by atoms with Crippen LogP contribution in [0.4, 0.5) is 8.78 Å². The van der Waals surface area contributed by atoms with Gasteiger partial charge in [0.25, 0.3) is 11.8 Å². The van der Waals surface area contributed by atoms with Gasteiger partial charge in [0, 0.05) is 43.5 Å². The average molecular weight is 501 g/mol. The zero-order chi connectivity index (χ0) is 25.7. The quantitative estimate of drug-likeness (QED) is 0.655. The van der Waals surface area contributed by atoms with Crippen molar-refractivity contribution < 1.29 is 23.5 Å². The summed E-state index contributed by atoms with van der Waals surface area (Å²) in [6.07, 6.45) is 1.97. The molecule has 1 saturated carbocycles. The first kappa shape index (κ1) is 24.6. The fraction of sp³-hybridized carbons (Fsp3) is 0.500. The lowest BCUT2D eigenvalue weighted by Gasteiger charge is -2.53. The van der Waals surface area contributed by atoms with E-state index in [-0.39, 0.29) is 47.4 Å². The van der Waals surface area contributed by atoms with Gasteiger partial charge in [-0.25, -0.2) is 8.78 Å². The van der Waals surface area contributed by atoms with E-state index in [1.165, 1.54) is 18.3 Å². The molecule has 8 nitrogen and oxygen atoms in total. The summed E-state index contributed by atoms with van der Waals surface area (Å²) < 4.78 is 28.7. The maximum Gasteiger partial charge on any atom is 0.272 e. The minimum Gasteiger partial charge on any atom is -0.391 e. The third-order valence-electron chi connectivity index (χ3n) is 7.48. The normalized spacial score (nSPS) is 25.5. The molecule has 4 unspecified atom stereocenters. The molecule has 3 aliphatic rings. The van der Waals surface area contributed by atoms with Gasteiger partial charge in [-0.3, -0.25) is 19.3 Å². The first-order valence-electron chi connectivity index (χ1n) is 12.4.